The maximum atomic E-state index is 12.2. The Bertz CT molecular complexity index is 842. The number of anilines is 1. The van der Waals surface area contributed by atoms with Crippen molar-refractivity contribution in [2.24, 2.45) is 0 Å². The molecular weight excluding hydrogens is 346 g/mol. The molecule has 0 aliphatic rings. The van der Waals surface area contributed by atoms with Crippen LogP contribution in [-0.4, -0.2) is 15.9 Å². The van der Waals surface area contributed by atoms with Gasteiger partial charge in [0.2, 0.25) is 0 Å². The Labute approximate surface area is 135 Å². The van der Waals surface area contributed by atoms with Crippen molar-refractivity contribution < 1.29 is 9.21 Å². The van der Waals surface area contributed by atoms with E-state index >= 15 is 0 Å². The van der Waals surface area contributed by atoms with Gasteiger partial charge in [-0.25, -0.2) is 4.98 Å². The molecule has 2 aromatic heterocycles. The summed E-state index contributed by atoms with van der Waals surface area (Å²) in [5.41, 5.74) is 2.58. The number of nitrogens with zero attached hydrogens (tertiary/aromatic N) is 2. The smallest absolute Gasteiger partial charge is 0.257 e. The summed E-state index contributed by atoms with van der Waals surface area (Å²) in [6.07, 6.45) is 3.15. The number of fused-ring (bicyclic) bond motifs is 1. The molecular formula is C16H14BrN3O2. The van der Waals surface area contributed by atoms with Crippen molar-refractivity contribution in [3.8, 4) is 0 Å². The summed E-state index contributed by atoms with van der Waals surface area (Å²) in [6.45, 7) is 4.04. The second-order valence-corrected chi connectivity index (χ2v) is 6.15. The molecule has 5 nitrogen and oxygen atoms in total. The summed E-state index contributed by atoms with van der Waals surface area (Å²) in [4.78, 5) is 20.6. The molecule has 0 saturated heterocycles. The van der Waals surface area contributed by atoms with Crippen LogP contribution >= 0.6 is 15.9 Å². The molecule has 0 spiro atoms. The number of pyridine rings is 1. The lowest BCUT2D eigenvalue weighted by molar-refractivity contribution is 0.102. The highest BCUT2D eigenvalue weighted by Gasteiger charge is 2.11. The molecule has 0 aliphatic heterocycles. The third kappa shape index (κ3) is 3.01. The number of nitrogens with one attached hydrogen (secondary N) is 1. The van der Waals surface area contributed by atoms with E-state index < -0.39 is 0 Å². The van der Waals surface area contributed by atoms with Crippen LogP contribution in [0.4, 0.5) is 5.69 Å². The average molecular weight is 360 g/mol. The normalized spacial score (nSPS) is 11.1. The first-order valence-electron chi connectivity index (χ1n) is 6.85. The Morgan fingerprint density at radius 3 is 2.82 bits per heavy atom. The molecule has 6 heteroatoms. The fourth-order valence-corrected chi connectivity index (χ4v) is 2.37. The van der Waals surface area contributed by atoms with Crippen molar-refractivity contribution in [3.63, 3.8) is 0 Å². The standard InChI is InChI=1S/C16H14BrN3O2/c1-9(2)16-20-13-4-3-12(6-14(13)22-16)19-15(21)10-5-11(17)8-18-7-10/h3-9H,1-2H3,(H,19,21). The number of amides is 1. The van der Waals surface area contributed by atoms with Crippen LogP contribution in [0.2, 0.25) is 0 Å². The Balaban J connectivity index is 1.86. The van der Waals surface area contributed by atoms with Crippen LogP contribution in [0.15, 0.2) is 45.5 Å². The van der Waals surface area contributed by atoms with E-state index in [4.69, 9.17) is 4.42 Å². The molecule has 112 valence electrons. The molecule has 3 aromatic rings. The van der Waals surface area contributed by atoms with Crippen LogP contribution < -0.4 is 5.32 Å². The maximum absolute atomic E-state index is 12.2. The highest BCUT2D eigenvalue weighted by molar-refractivity contribution is 9.10. The van der Waals surface area contributed by atoms with Gasteiger partial charge >= 0.3 is 0 Å². The van der Waals surface area contributed by atoms with E-state index in [0.717, 1.165) is 9.99 Å². The van der Waals surface area contributed by atoms with Crippen molar-refractivity contribution in [1.29, 1.82) is 0 Å². The lowest BCUT2D eigenvalue weighted by atomic mass is 10.2. The van der Waals surface area contributed by atoms with Crippen LogP contribution in [0, 0.1) is 0 Å². The molecule has 0 fully saturated rings. The van der Waals surface area contributed by atoms with E-state index in [-0.39, 0.29) is 11.8 Å². The Kier molecular flexibility index (Phi) is 3.94. The molecule has 0 radical (unpaired) electrons. The predicted molar refractivity (Wildman–Crippen MR) is 88.0 cm³/mol. The number of carbonyl (C=O) groups excluding carboxylic acids is 1. The highest BCUT2D eigenvalue weighted by atomic mass is 79.9. The number of oxazole rings is 1. The Hall–Kier alpha value is -2.21. The number of carbonyl (C=O) groups is 1. The van der Waals surface area contributed by atoms with E-state index in [0.29, 0.717) is 22.7 Å². The van der Waals surface area contributed by atoms with Crippen LogP contribution in [0.3, 0.4) is 0 Å². The molecule has 0 atom stereocenters. The van der Waals surface area contributed by atoms with Gasteiger partial charge in [0.05, 0.1) is 5.56 Å². The summed E-state index contributed by atoms with van der Waals surface area (Å²) < 4.78 is 6.45. The third-order valence-corrected chi connectivity index (χ3v) is 3.56. The second-order valence-electron chi connectivity index (χ2n) is 5.24. The minimum atomic E-state index is -0.225. The van der Waals surface area contributed by atoms with Crippen molar-refractivity contribution in [2.45, 2.75) is 19.8 Å². The van der Waals surface area contributed by atoms with Crippen LogP contribution in [-0.2, 0) is 0 Å². The van der Waals surface area contributed by atoms with Gasteiger partial charge in [0.25, 0.3) is 5.91 Å². The first-order chi connectivity index (χ1) is 10.5. The summed E-state index contributed by atoms with van der Waals surface area (Å²) >= 11 is 3.30. The predicted octanol–water partition coefficient (Wildman–Crippen LogP) is 4.36. The number of benzene rings is 1. The summed E-state index contributed by atoms with van der Waals surface area (Å²) in [7, 11) is 0. The molecule has 1 amide bonds. The van der Waals surface area contributed by atoms with Crippen molar-refractivity contribution in [2.75, 3.05) is 5.32 Å². The van der Waals surface area contributed by atoms with E-state index in [1.165, 1.54) is 6.20 Å². The SMILES string of the molecule is CC(C)c1nc2ccc(NC(=O)c3cncc(Br)c3)cc2o1. The van der Waals surface area contributed by atoms with Gasteiger partial charge in [0.15, 0.2) is 11.5 Å². The van der Waals surface area contributed by atoms with Crippen LogP contribution in [0.5, 0.6) is 0 Å². The molecule has 0 aliphatic carbocycles. The van der Waals surface area contributed by atoms with Gasteiger partial charge < -0.3 is 9.73 Å². The zero-order valence-electron chi connectivity index (χ0n) is 12.1. The van der Waals surface area contributed by atoms with Crippen molar-refractivity contribution >= 4 is 38.6 Å². The molecule has 0 saturated carbocycles. The maximum Gasteiger partial charge on any atom is 0.257 e. The van der Waals surface area contributed by atoms with E-state index in [1.807, 2.05) is 19.9 Å². The summed E-state index contributed by atoms with van der Waals surface area (Å²) in [6, 6.07) is 7.13. The minimum Gasteiger partial charge on any atom is -0.440 e. The average Bonchev–Trinajstić information content (AvgIpc) is 2.90. The first-order valence-corrected chi connectivity index (χ1v) is 7.64. The van der Waals surface area contributed by atoms with Crippen molar-refractivity contribution in [3.05, 3.63) is 52.6 Å². The Morgan fingerprint density at radius 1 is 1.27 bits per heavy atom. The molecule has 1 aromatic carbocycles. The molecule has 3 rings (SSSR count). The number of aromatic nitrogens is 2. The fraction of sp³-hybridized carbons (Fsp3) is 0.188. The van der Waals surface area contributed by atoms with Gasteiger partial charge in [0, 0.05) is 34.5 Å². The summed E-state index contributed by atoms with van der Waals surface area (Å²) in [5.74, 6) is 0.685. The molecule has 0 unspecified atom stereocenters. The first kappa shape index (κ1) is 14.7. The van der Waals surface area contributed by atoms with Crippen LogP contribution in [0.25, 0.3) is 11.1 Å². The lowest BCUT2D eigenvalue weighted by Crippen LogP contribution is -2.12. The fourth-order valence-electron chi connectivity index (χ4n) is 2.01. The second kappa shape index (κ2) is 5.88. The van der Waals surface area contributed by atoms with Gasteiger partial charge in [-0.2, -0.15) is 0 Å². The van der Waals surface area contributed by atoms with E-state index in [2.05, 4.69) is 31.2 Å². The lowest BCUT2D eigenvalue weighted by Gasteiger charge is -2.04. The van der Waals surface area contributed by atoms with E-state index in [1.54, 1.807) is 24.4 Å². The Morgan fingerprint density at radius 2 is 2.09 bits per heavy atom. The molecule has 0 bridgehead atoms. The third-order valence-electron chi connectivity index (χ3n) is 3.12. The quantitative estimate of drug-likeness (QED) is 0.754. The largest absolute Gasteiger partial charge is 0.440 e. The zero-order valence-corrected chi connectivity index (χ0v) is 13.7. The van der Waals surface area contributed by atoms with Gasteiger partial charge in [-0.1, -0.05) is 13.8 Å². The summed E-state index contributed by atoms with van der Waals surface area (Å²) in [5, 5.41) is 2.83. The van der Waals surface area contributed by atoms with Gasteiger partial charge in [0.1, 0.15) is 5.52 Å². The molecule has 1 N–H and O–H groups in total. The topological polar surface area (TPSA) is 68.0 Å². The number of hydrogen-bond donors (Lipinski definition) is 1. The number of halogens is 1. The number of rotatable bonds is 3. The van der Waals surface area contributed by atoms with Crippen LogP contribution in [0.1, 0.15) is 36.0 Å². The zero-order chi connectivity index (χ0) is 15.7. The molecule has 2 heterocycles. The highest BCUT2D eigenvalue weighted by Crippen LogP contribution is 2.24. The molecule has 22 heavy (non-hydrogen) atoms. The number of hydrogen-bond acceptors (Lipinski definition) is 4. The van der Waals surface area contributed by atoms with Gasteiger partial charge in [-0.3, -0.25) is 9.78 Å². The van der Waals surface area contributed by atoms with Gasteiger partial charge in [-0.05, 0) is 34.1 Å². The monoisotopic (exact) mass is 359 g/mol. The minimum absolute atomic E-state index is 0.221. The van der Waals surface area contributed by atoms with Crippen molar-refractivity contribution in [1.82, 2.24) is 9.97 Å². The van der Waals surface area contributed by atoms with Gasteiger partial charge in [-0.15, -0.1) is 0 Å². The van der Waals surface area contributed by atoms with E-state index in [9.17, 15) is 4.79 Å².